The SMILES string of the molecule is N#CC1(NC(=O)CSc2nc3ccccc3c(=O)n2C[C@H]2CCCO2)CCCC1. The predicted molar refractivity (Wildman–Crippen MR) is 111 cm³/mol. The zero-order valence-corrected chi connectivity index (χ0v) is 17.0. The van der Waals surface area contributed by atoms with Crippen LogP contribution < -0.4 is 10.9 Å². The number of benzene rings is 1. The summed E-state index contributed by atoms with van der Waals surface area (Å²) in [6.07, 6.45) is 5.18. The van der Waals surface area contributed by atoms with E-state index < -0.39 is 5.54 Å². The van der Waals surface area contributed by atoms with E-state index in [1.807, 2.05) is 12.1 Å². The van der Waals surface area contributed by atoms with Crippen LogP contribution in [0.25, 0.3) is 10.9 Å². The van der Waals surface area contributed by atoms with Crippen molar-refractivity contribution in [3.8, 4) is 6.07 Å². The predicted octanol–water partition coefficient (Wildman–Crippen LogP) is 2.62. The number of carbonyl (C=O) groups is 1. The number of nitriles is 1. The normalized spacial score (nSPS) is 20.6. The molecule has 1 aliphatic heterocycles. The van der Waals surface area contributed by atoms with Gasteiger partial charge in [-0.1, -0.05) is 23.9 Å². The molecule has 1 aromatic heterocycles. The van der Waals surface area contributed by atoms with Gasteiger partial charge in [0.25, 0.3) is 5.56 Å². The lowest BCUT2D eigenvalue weighted by Crippen LogP contribution is -2.46. The number of nitrogens with zero attached hydrogens (tertiary/aromatic N) is 3. The molecule has 1 saturated carbocycles. The number of hydrogen-bond donors (Lipinski definition) is 1. The zero-order valence-electron chi connectivity index (χ0n) is 16.2. The molecule has 8 heteroatoms. The number of ether oxygens (including phenoxy) is 1. The molecule has 0 bridgehead atoms. The third kappa shape index (κ3) is 4.31. The molecule has 2 aliphatic rings. The summed E-state index contributed by atoms with van der Waals surface area (Å²) in [7, 11) is 0. The lowest BCUT2D eigenvalue weighted by molar-refractivity contribution is -0.119. The number of amides is 1. The number of aromatic nitrogens is 2. The number of carbonyl (C=O) groups excluding carboxylic acids is 1. The molecular weight excluding hydrogens is 388 g/mol. The number of fused-ring (bicyclic) bond motifs is 1. The molecule has 1 N–H and O–H groups in total. The molecule has 1 amide bonds. The van der Waals surface area contributed by atoms with E-state index in [1.54, 1.807) is 16.7 Å². The fourth-order valence-electron chi connectivity index (χ4n) is 4.09. The third-order valence-electron chi connectivity index (χ3n) is 5.62. The Bertz CT molecular complexity index is 1000. The number of para-hydroxylation sites is 1. The van der Waals surface area contributed by atoms with Gasteiger partial charge in [0.2, 0.25) is 5.91 Å². The maximum absolute atomic E-state index is 13.1. The van der Waals surface area contributed by atoms with Gasteiger partial charge in [-0.15, -0.1) is 0 Å². The van der Waals surface area contributed by atoms with Crippen LogP contribution >= 0.6 is 11.8 Å². The molecule has 7 nitrogen and oxygen atoms in total. The molecule has 1 aromatic carbocycles. The van der Waals surface area contributed by atoms with E-state index in [9.17, 15) is 14.9 Å². The van der Waals surface area contributed by atoms with Gasteiger partial charge < -0.3 is 10.1 Å². The minimum Gasteiger partial charge on any atom is -0.376 e. The molecule has 1 aliphatic carbocycles. The van der Waals surface area contributed by atoms with Crippen molar-refractivity contribution in [3.05, 3.63) is 34.6 Å². The molecule has 0 radical (unpaired) electrons. The van der Waals surface area contributed by atoms with Gasteiger partial charge in [-0.25, -0.2) is 4.98 Å². The van der Waals surface area contributed by atoms with E-state index in [0.717, 1.165) is 25.7 Å². The molecular formula is C21H24N4O3S. The van der Waals surface area contributed by atoms with E-state index in [0.29, 0.717) is 42.1 Å². The maximum Gasteiger partial charge on any atom is 0.262 e. The van der Waals surface area contributed by atoms with Crippen molar-refractivity contribution < 1.29 is 9.53 Å². The first-order valence-electron chi connectivity index (χ1n) is 10.1. The smallest absolute Gasteiger partial charge is 0.262 e. The maximum atomic E-state index is 13.1. The second-order valence-electron chi connectivity index (χ2n) is 7.70. The van der Waals surface area contributed by atoms with Crippen LogP contribution in [0.4, 0.5) is 0 Å². The van der Waals surface area contributed by atoms with Crippen molar-refractivity contribution >= 4 is 28.6 Å². The van der Waals surface area contributed by atoms with Gasteiger partial charge in [0.05, 0.1) is 35.4 Å². The molecule has 1 atom stereocenters. The van der Waals surface area contributed by atoms with E-state index in [1.165, 1.54) is 11.8 Å². The first-order valence-corrected chi connectivity index (χ1v) is 11.0. The summed E-state index contributed by atoms with van der Waals surface area (Å²) in [5.41, 5.74) is -0.238. The standard InChI is InChI=1S/C21H24N4O3S/c22-14-21(9-3-4-10-21)24-18(26)13-29-20-23-17-8-2-1-7-16(17)19(27)25(20)12-15-6-5-11-28-15/h1-2,7-8,15H,3-6,9-13H2,(H,24,26)/t15-/m1/s1. The van der Waals surface area contributed by atoms with Crippen LogP contribution in [0.2, 0.25) is 0 Å². The Morgan fingerprint density at radius 2 is 2.14 bits per heavy atom. The van der Waals surface area contributed by atoms with Crippen LogP contribution in [0.15, 0.2) is 34.2 Å². The molecule has 2 fully saturated rings. The minimum atomic E-state index is -0.744. The van der Waals surface area contributed by atoms with Crippen molar-refractivity contribution in [2.75, 3.05) is 12.4 Å². The molecule has 2 aromatic rings. The van der Waals surface area contributed by atoms with Crippen LogP contribution in [-0.4, -0.2) is 39.5 Å². The fourth-order valence-corrected chi connectivity index (χ4v) is 4.90. The van der Waals surface area contributed by atoms with E-state index >= 15 is 0 Å². The molecule has 0 unspecified atom stereocenters. The van der Waals surface area contributed by atoms with Crippen molar-refractivity contribution in [1.82, 2.24) is 14.9 Å². The zero-order chi connectivity index (χ0) is 20.3. The number of rotatable bonds is 6. The molecule has 29 heavy (non-hydrogen) atoms. The fraction of sp³-hybridized carbons (Fsp3) is 0.524. The van der Waals surface area contributed by atoms with Gasteiger partial charge in [-0.05, 0) is 50.7 Å². The summed E-state index contributed by atoms with van der Waals surface area (Å²) in [4.78, 5) is 30.2. The van der Waals surface area contributed by atoms with E-state index in [2.05, 4.69) is 16.4 Å². The number of hydrogen-bond acceptors (Lipinski definition) is 6. The highest BCUT2D eigenvalue weighted by Crippen LogP contribution is 2.29. The van der Waals surface area contributed by atoms with Gasteiger partial charge in [0, 0.05) is 6.61 Å². The second kappa shape index (κ2) is 8.56. The highest BCUT2D eigenvalue weighted by atomic mass is 32.2. The molecule has 2 heterocycles. The summed E-state index contributed by atoms with van der Waals surface area (Å²) >= 11 is 1.23. The van der Waals surface area contributed by atoms with Crippen LogP contribution in [0.3, 0.4) is 0 Å². The van der Waals surface area contributed by atoms with Gasteiger partial charge in [-0.2, -0.15) is 5.26 Å². The Morgan fingerprint density at radius 3 is 2.86 bits per heavy atom. The van der Waals surface area contributed by atoms with Crippen LogP contribution in [0.1, 0.15) is 38.5 Å². The van der Waals surface area contributed by atoms with Gasteiger partial charge in [0.15, 0.2) is 5.16 Å². The number of thioether (sulfide) groups is 1. The second-order valence-corrected chi connectivity index (χ2v) is 8.64. The monoisotopic (exact) mass is 412 g/mol. The van der Waals surface area contributed by atoms with Crippen molar-refractivity contribution in [2.24, 2.45) is 0 Å². The summed E-state index contributed by atoms with van der Waals surface area (Å²) < 4.78 is 7.34. The highest BCUT2D eigenvalue weighted by Gasteiger charge is 2.35. The Hall–Kier alpha value is -2.37. The van der Waals surface area contributed by atoms with Crippen LogP contribution in [0, 0.1) is 11.3 Å². The van der Waals surface area contributed by atoms with Crippen LogP contribution in [0.5, 0.6) is 0 Å². The lowest BCUT2D eigenvalue weighted by Gasteiger charge is -2.22. The third-order valence-corrected chi connectivity index (χ3v) is 6.60. The average molecular weight is 413 g/mol. The summed E-state index contributed by atoms with van der Waals surface area (Å²) in [5, 5.41) is 13.4. The lowest BCUT2D eigenvalue weighted by atomic mass is 10.0. The highest BCUT2D eigenvalue weighted by molar-refractivity contribution is 7.99. The van der Waals surface area contributed by atoms with E-state index in [-0.39, 0.29) is 23.3 Å². The van der Waals surface area contributed by atoms with Gasteiger partial charge in [0.1, 0.15) is 5.54 Å². The molecule has 4 rings (SSSR count). The largest absolute Gasteiger partial charge is 0.376 e. The molecule has 0 spiro atoms. The summed E-state index contributed by atoms with van der Waals surface area (Å²) in [6.45, 7) is 1.14. The van der Waals surface area contributed by atoms with Crippen molar-refractivity contribution in [1.29, 1.82) is 5.26 Å². The minimum absolute atomic E-state index is 0.0100. The first kappa shape index (κ1) is 19.9. The van der Waals surface area contributed by atoms with Crippen molar-refractivity contribution in [3.63, 3.8) is 0 Å². The van der Waals surface area contributed by atoms with Gasteiger partial charge in [-0.3, -0.25) is 14.2 Å². The Labute approximate surface area is 173 Å². The van der Waals surface area contributed by atoms with Gasteiger partial charge >= 0.3 is 0 Å². The summed E-state index contributed by atoms with van der Waals surface area (Å²) in [5.74, 6) is -0.0933. The number of nitrogens with one attached hydrogen (secondary N) is 1. The summed E-state index contributed by atoms with van der Waals surface area (Å²) in [6, 6.07) is 9.52. The van der Waals surface area contributed by atoms with Crippen molar-refractivity contribution in [2.45, 2.75) is 61.9 Å². The Balaban J connectivity index is 1.56. The Kier molecular flexibility index (Phi) is 5.88. The first-order chi connectivity index (χ1) is 14.1. The topological polar surface area (TPSA) is 97.0 Å². The average Bonchev–Trinajstić information content (AvgIpc) is 3.41. The Morgan fingerprint density at radius 1 is 1.34 bits per heavy atom. The quantitative estimate of drug-likeness (QED) is 0.579. The molecule has 152 valence electrons. The molecule has 1 saturated heterocycles. The van der Waals surface area contributed by atoms with E-state index in [4.69, 9.17) is 4.74 Å². The van der Waals surface area contributed by atoms with Crippen LogP contribution in [-0.2, 0) is 16.1 Å².